The normalized spacial score (nSPS) is 11.9. The van der Waals surface area contributed by atoms with E-state index >= 15 is 0 Å². The third-order valence-corrected chi connectivity index (χ3v) is 2.79. The van der Waals surface area contributed by atoms with Crippen molar-refractivity contribution in [3.8, 4) is 5.75 Å². The van der Waals surface area contributed by atoms with Gasteiger partial charge in [0.05, 0.1) is 7.11 Å². The van der Waals surface area contributed by atoms with Crippen LogP contribution in [0.15, 0.2) is 11.1 Å². The minimum atomic E-state index is -4.38. The zero-order valence-electron chi connectivity index (χ0n) is 7.75. The minimum Gasteiger partial charge on any atom is -0.494 e. The minimum absolute atomic E-state index is 0.490. The molecule has 1 aromatic rings. The van der Waals surface area contributed by atoms with Crippen LogP contribution < -0.4 is 4.74 Å². The summed E-state index contributed by atoms with van der Waals surface area (Å²) in [5, 5.41) is -0.937. The van der Waals surface area contributed by atoms with Crippen LogP contribution in [0, 0.1) is 5.82 Å². The lowest BCUT2D eigenvalue weighted by molar-refractivity contribution is 0.139. The van der Waals surface area contributed by atoms with Crippen LogP contribution >= 0.6 is 10.7 Å². The lowest BCUT2D eigenvalue weighted by Crippen LogP contribution is -2.05. The quantitative estimate of drug-likeness (QED) is 0.793. The first-order chi connectivity index (χ1) is 7.27. The second-order valence-corrected chi connectivity index (χ2v) is 5.08. The zero-order chi connectivity index (χ0) is 12.5. The highest BCUT2D eigenvalue weighted by Crippen LogP contribution is 2.30. The van der Waals surface area contributed by atoms with E-state index in [9.17, 15) is 21.6 Å². The molecule has 9 heteroatoms. The molecule has 0 aromatic carbocycles. The predicted molar refractivity (Wildman–Crippen MR) is 48.7 cm³/mol. The van der Waals surface area contributed by atoms with E-state index in [0.29, 0.717) is 6.07 Å². The van der Waals surface area contributed by atoms with Crippen molar-refractivity contribution in [1.29, 1.82) is 0 Å². The highest BCUT2D eigenvalue weighted by atomic mass is 35.7. The van der Waals surface area contributed by atoms with Crippen molar-refractivity contribution in [1.82, 2.24) is 4.98 Å². The lowest BCUT2D eigenvalue weighted by atomic mass is 10.3. The Labute approximate surface area is 93.4 Å². The summed E-state index contributed by atoms with van der Waals surface area (Å²) in [6.45, 7) is 0. The van der Waals surface area contributed by atoms with E-state index in [2.05, 4.69) is 9.72 Å². The van der Waals surface area contributed by atoms with Crippen LogP contribution in [0.5, 0.6) is 5.75 Å². The number of nitrogens with zero attached hydrogens (tertiary/aromatic N) is 1. The SMILES string of the molecule is COc1cc(F)c(C(F)F)nc1S(=O)(=O)Cl. The Bertz CT molecular complexity index is 506. The summed E-state index contributed by atoms with van der Waals surface area (Å²) in [4.78, 5) is 2.94. The van der Waals surface area contributed by atoms with E-state index in [1.807, 2.05) is 0 Å². The number of methoxy groups -OCH3 is 1. The van der Waals surface area contributed by atoms with Gasteiger partial charge in [0.15, 0.2) is 11.6 Å². The fraction of sp³-hybridized carbons (Fsp3) is 0.286. The standard InChI is InChI=1S/C7H5ClF3NO3S/c1-15-4-2-3(9)5(6(10)11)12-7(4)16(8,13)14/h2,6H,1H3. The first kappa shape index (κ1) is 13.0. The molecule has 16 heavy (non-hydrogen) atoms. The predicted octanol–water partition coefficient (Wildman–Crippen LogP) is 2.09. The fourth-order valence-electron chi connectivity index (χ4n) is 0.943. The number of pyridine rings is 1. The number of aromatic nitrogens is 1. The Balaban J connectivity index is 3.53. The largest absolute Gasteiger partial charge is 0.494 e. The fourth-order valence-corrected chi connectivity index (χ4v) is 1.86. The maximum Gasteiger partial charge on any atom is 0.283 e. The maximum absolute atomic E-state index is 13.0. The molecule has 4 nitrogen and oxygen atoms in total. The summed E-state index contributed by atoms with van der Waals surface area (Å²) in [6, 6.07) is 0.490. The molecule has 1 aromatic heterocycles. The van der Waals surface area contributed by atoms with E-state index in [0.717, 1.165) is 7.11 Å². The molecule has 0 fully saturated rings. The summed E-state index contributed by atoms with van der Waals surface area (Å²) in [7, 11) is 1.58. The summed E-state index contributed by atoms with van der Waals surface area (Å²) >= 11 is 0. The van der Waals surface area contributed by atoms with Gasteiger partial charge in [-0.3, -0.25) is 0 Å². The van der Waals surface area contributed by atoms with Crippen molar-refractivity contribution >= 4 is 19.7 Å². The van der Waals surface area contributed by atoms with Gasteiger partial charge < -0.3 is 4.74 Å². The van der Waals surface area contributed by atoms with Crippen LogP contribution in [-0.2, 0) is 9.05 Å². The maximum atomic E-state index is 13.0. The van der Waals surface area contributed by atoms with E-state index in [1.165, 1.54) is 0 Å². The Hall–Kier alpha value is -1.02. The van der Waals surface area contributed by atoms with Gasteiger partial charge in [-0.2, -0.15) is 0 Å². The Morgan fingerprint density at radius 2 is 2.06 bits per heavy atom. The molecule has 0 N–H and O–H groups in total. The molecular formula is C7H5ClF3NO3S. The van der Waals surface area contributed by atoms with Crippen molar-refractivity contribution in [3.63, 3.8) is 0 Å². The van der Waals surface area contributed by atoms with Gasteiger partial charge in [0, 0.05) is 16.7 Å². The number of halogens is 4. The zero-order valence-corrected chi connectivity index (χ0v) is 9.32. The lowest BCUT2D eigenvalue weighted by Gasteiger charge is -2.07. The number of ether oxygens (including phenoxy) is 1. The van der Waals surface area contributed by atoms with Crippen LogP contribution in [0.4, 0.5) is 13.2 Å². The first-order valence-electron chi connectivity index (χ1n) is 3.74. The number of hydrogen-bond donors (Lipinski definition) is 0. The molecule has 0 spiro atoms. The molecule has 90 valence electrons. The summed E-state index contributed by atoms with van der Waals surface area (Å²) in [5.74, 6) is -1.90. The average molecular weight is 276 g/mol. The number of hydrogen-bond acceptors (Lipinski definition) is 4. The van der Waals surface area contributed by atoms with Gasteiger partial charge >= 0.3 is 0 Å². The molecular weight excluding hydrogens is 271 g/mol. The van der Waals surface area contributed by atoms with Crippen LogP contribution in [0.1, 0.15) is 12.1 Å². The van der Waals surface area contributed by atoms with Gasteiger partial charge in [-0.1, -0.05) is 0 Å². The molecule has 0 saturated carbocycles. The Morgan fingerprint density at radius 3 is 2.44 bits per heavy atom. The molecule has 0 bridgehead atoms. The van der Waals surface area contributed by atoms with E-state index < -0.39 is 37.8 Å². The van der Waals surface area contributed by atoms with Gasteiger partial charge in [0.25, 0.3) is 15.5 Å². The monoisotopic (exact) mass is 275 g/mol. The van der Waals surface area contributed by atoms with Gasteiger partial charge in [-0.15, -0.1) is 0 Å². The molecule has 0 saturated heterocycles. The molecule has 0 radical (unpaired) electrons. The van der Waals surface area contributed by atoms with Crippen molar-refractivity contribution < 1.29 is 26.3 Å². The van der Waals surface area contributed by atoms with Crippen LogP contribution in [0.2, 0.25) is 0 Å². The first-order valence-corrected chi connectivity index (χ1v) is 6.05. The molecule has 0 aliphatic heterocycles. The molecule has 0 aliphatic rings. The number of rotatable bonds is 3. The second-order valence-electron chi connectivity index (χ2n) is 2.60. The Morgan fingerprint density at radius 1 is 1.50 bits per heavy atom. The number of alkyl halides is 2. The highest BCUT2D eigenvalue weighted by Gasteiger charge is 2.25. The van der Waals surface area contributed by atoms with Gasteiger partial charge in [0.2, 0.25) is 5.03 Å². The van der Waals surface area contributed by atoms with E-state index in [4.69, 9.17) is 10.7 Å². The van der Waals surface area contributed by atoms with Gasteiger partial charge in [-0.05, 0) is 0 Å². The molecule has 0 unspecified atom stereocenters. The summed E-state index contributed by atoms with van der Waals surface area (Å²) in [6.07, 6.45) is -3.25. The molecule has 0 amide bonds. The summed E-state index contributed by atoms with van der Waals surface area (Å²) in [5.41, 5.74) is -1.29. The van der Waals surface area contributed by atoms with E-state index in [-0.39, 0.29) is 0 Å². The third kappa shape index (κ3) is 2.56. The second kappa shape index (κ2) is 4.46. The van der Waals surface area contributed by atoms with E-state index in [1.54, 1.807) is 0 Å². The highest BCUT2D eigenvalue weighted by molar-refractivity contribution is 8.13. The average Bonchev–Trinajstić information content (AvgIpc) is 2.14. The van der Waals surface area contributed by atoms with Crippen molar-refractivity contribution in [2.45, 2.75) is 11.5 Å². The van der Waals surface area contributed by atoms with Crippen LogP contribution in [-0.4, -0.2) is 20.5 Å². The smallest absolute Gasteiger partial charge is 0.283 e. The van der Waals surface area contributed by atoms with Crippen molar-refractivity contribution in [2.75, 3.05) is 7.11 Å². The van der Waals surface area contributed by atoms with Crippen LogP contribution in [0.3, 0.4) is 0 Å². The molecule has 0 atom stereocenters. The molecule has 1 rings (SSSR count). The molecule has 0 aliphatic carbocycles. The van der Waals surface area contributed by atoms with Gasteiger partial charge in [-0.25, -0.2) is 26.6 Å². The Kier molecular flexibility index (Phi) is 3.64. The third-order valence-electron chi connectivity index (χ3n) is 1.59. The van der Waals surface area contributed by atoms with Crippen LogP contribution in [0.25, 0.3) is 0 Å². The summed E-state index contributed by atoms with van der Waals surface area (Å²) < 4.78 is 63.9. The molecule has 1 heterocycles. The van der Waals surface area contributed by atoms with Gasteiger partial charge in [0.1, 0.15) is 5.69 Å². The topological polar surface area (TPSA) is 56.3 Å². The van der Waals surface area contributed by atoms with Crippen molar-refractivity contribution in [3.05, 3.63) is 17.6 Å². The van der Waals surface area contributed by atoms with Crippen molar-refractivity contribution in [2.24, 2.45) is 0 Å².